The van der Waals surface area contributed by atoms with Gasteiger partial charge in [0.2, 0.25) is 15.9 Å². The van der Waals surface area contributed by atoms with Gasteiger partial charge in [-0.1, -0.05) is 31.2 Å². The van der Waals surface area contributed by atoms with E-state index in [2.05, 4.69) is 29.1 Å². The van der Waals surface area contributed by atoms with Gasteiger partial charge >= 0.3 is 0 Å². The van der Waals surface area contributed by atoms with E-state index in [1.807, 2.05) is 31.1 Å². The van der Waals surface area contributed by atoms with Crippen LogP contribution in [0.1, 0.15) is 31.0 Å². The normalized spacial score (nSPS) is 12.8. The lowest BCUT2D eigenvalue weighted by Gasteiger charge is -2.25. The van der Waals surface area contributed by atoms with Gasteiger partial charge in [-0.15, -0.1) is 0 Å². The van der Waals surface area contributed by atoms with Crippen molar-refractivity contribution in [2.24, 2.45) is 0 Å². The average molecular weight is 390 g/mol. The molecule has 0 aliphatic carbocycles. The molecule has 0 aliphatic rings. The first-order chi connectivity index (χ1) is 12.7. The Balaban J connectivity index is 2.11. The Morgan fingerprint density at radius 3 is 2.11 bits per heavy atom. The van der Waals surface area contributed by atoms with Gasteiger partial charge in [-0.05, 0) is 55.9 Å². The number of anilines is 1. The summed E-state index contributed by atoms with van der Waals surface area (Å²) in [5.74, 6) is -0.202. The minimum absolute atomic E-state index is 0.0793. The highest BCUT2D eigenvalue weighted by molar-refractivity contribution is 7.89. The van der Waals surface area contributed by atoms with Crippen molar-refractivity contribution in [1.82, 2.24) is 9.62 Å². The van der Waals surface area contributed by atoms with E-state index in [0.717, 1.165) is 12.0 Å². The standard InChI is InChI=1S/C20H27N3O3S/c1-5-16-6-8-17(9-7-16)20(23(3)4)14-21-27(25,26)19-12-10-18(11-13-19)22-15(2)24/h6-13,20-21H,5,14H2,1-4H3,(H,22,24). The van der Waals surface area contributed by atoms with Gasteiger partial charge < -0.3 is 10.2 Å². The first-order valence-electron chi connectivity index (χ1n) is 8.85. The van der Waals surface area contributed by atoms with E-state index in [9.17, 15) is 13.2 Å². The number of likely N-dealkylation sites (N-methyl/N-ethyl adjacent to an activating group) is 1. The zero-order valence-corrected chi connectivity index (χ0v) is 17.0. The van der Waals surface area contributed by atoms with Crippen LogP contribution in [-0.2, 0) is 21.2 Å². The third-order valence-corrected chi connectivity index (χ3v) is 5.79. The lowest BCUT2D eigenvalue weighted by molar-refractivity contribution is -0.114. The van der Waals surface area contributed by atoms with Crippen LogP contribution in [-0.4, -0.2) is 39.9 Å². The third kappa shape index (κ3) is 5.89. The Morgan fingerprint density at radius 2 is 1.63 bits per heavy atom. The van der Waals surface area contributed by atoms with Gasteiger partial charge in [0.05, 0.1) is 4.90 Å². The van der Waals surface area contributed by atoms with Crippen LogP contribution in [0.5, 0.6) is 0 Å². The molecular weight excluding hydrogens is 362 g/mol. The third-order valence-electron chi connectivity index (χ3n) is 4.35. The Morgan fingerprint density at radius 1 is 1.04 bits per heavy atom. The van der Waals surface area contributed by atoms with Gasteiger partial charge in [0, 0.05) is 25.2 Å². The topological polar surface area (TPSA) is 78.5 Å². The van der Waals surface area contributed by atoms with Crippen LogP contribution in [0, 0.1) is 0 Å². The van der Waals surface area contributed by atoms with Crippen LogP contribution in [0.15, 0.2) is 53.4 Å². The van der Waals surface area contributed by atoms with Crippen molar-refractivity contribution >= 4 is 21.6 Å². The molecule has 146 valence electrons. The summed E-state index contributed by atoms with van der Waals surface area (Å²) in [5.41, 5.74) is 2.86. The predicted molar refractivity (Wildman–Crippen MR) is 108 cm³/mol. The van der Waals surface area contributed by atoms with Crippen LogP contribution in [0.2, 0.25) is 0 Å². The molecule has 27 heavy (non-hydrogen) atoms. The zero-order valence-electron chi connectivity index (χ0n) is 16.2. The Kier molecular flexibility index (Phi) is 7.12. The molecule has 0 heterocycles. The van der Waals surface area contributed by atoms with Crippen molar-refractivity contribution in [3.63, 3.8) is 0 Å². The highest BCUT2D eigenvalue weighted by Crippen LogP contribution is 2.20. The number of nitrogens with one attached hydrogen (secondary N) is 2. The van der Waals surface area contributed by atoms with Gasteiger partial charge in [-0.25, -0.2) is 13.1 Å². The molecule has 0 bridgehead atoms. The van der Waals surface area contributed by atoms with Crippen molar-refractivity contribution in [2.45, 2.75) is 31.2 Å². The quantitative estimate of drug-likeness (QED) is 0.728. The Bertz CT molecular complexity index is 860. The summed E-state index contributed by atoms with van der Waals surface area (Å²) >= 11 is 0. The summed E-state index contributed by atoms with van der Waals surface area (Å²) in [4.78, 5) is 13.2. The monoisotopic (exact) mass is 389 g/mol. The van der Waals surface area contributed by atoms with Crippen LogP contribution in [0.4, 0.5) is 5.69 Å². The molecule has 0 radical (unpaired) electrons. The van der Waals surface area contributed by atoms with Gasteiger partial charge in [-0.2, -0.15) is 0 Å². The van der Waals surface area contributed by atoms with Gasteiger partial charge in [0.15, 0.2) is 0 Å². The number of nitrogens with zero attached hydrogens (tertiary/aromatic N) is 1. The summed E-state index contributed by atoms with van der Waals surface area (Å²) in [6.45, 7) is 3.76. The minimum atomic E-state index is -3.64. The van der Waals surface area contributed by atoms with Crippen molar-refractivity contribution in [1.29, 1.82) is 0 Å². The van der Waals surface area contributed by atoms with Gasteiger partial charge in [-0.3, -0.25) is 4.79 Å². The molecule has 2 rings (SSSR count). The molecule has 0 saturated heterocycles. The lowest BCUT2D eigenvalue weighted by Crippen LogP contribution is -2.34. The lowest BCUT2D eigenvalue weighted by atomic mass is 10.0. The number of carbonyl (C=O) groups is 1. The minimum Gasteiger partial charge on any atom is -0.326 e. The number of sulfonamides is 1. The van der Waals surface area contributed by atoms with Crippen molar-refractivity contribution < 1.29 is 13.2 Å². The van der Waals surface area contributed by atoms with Gasteiger partial charge in [0.1, 0.15) is 0 Å². The number of rotatable bonds is 8. The second kappa shape index (κ2) is 9.12. The first-order valence-corrected chi connectivity index (χ1v) is 10.3. The fourth-order valence-electron chi connectivity index (χ4n) is 2.77. The van der Waals surface area contributed by atoms with Crippen LogP contribution in [0.3, 0.4) is 0 Å². The van der Waals surface area contributed by atoms with E-state index in [1.54, 1.807) is 12.1 Å². The van der Waals surface area contributed by atoms with Gasteiger partial charge in [0.25, 0.3) is 0 Å². The Hall–Kier alpha value is -2.22. The first kappa shape index (κ1) is 21.1. The summed E-state index contributed by atoms with van der Waals surface area (Å²) in [5, 5.41) is 2.62. The fourth-order valence-corrected chi connectivity index (χ4v) is 3.81. The molecule has 2 N–H and O–H groups in total. The SMILES string of the molecule is CCc1ccc(C(CNS(=O)(=O)c2ccc(NC(C)=O)cc2)N(C)C)cc1. The van der Waals surface area contributed by atoms with E-state index >= 15 is 0 Å². The molecule has 1 unspecified atom stereocenters. The zero-order chi connectivity index (χ0) is 20.0. The molecule has 1 amide bonds. The molecule has 0 spiro atoms. The van der Waals surface area contributed by atoms with E-state index in [4.69, 9.17) is 0 Å². The molecular formula is C20H27N3O3S. The summed E-state index contributed by atoms with van der Waals surface area (Å²) in [6.07, 6.45) is 0.966. The molecule has 2 aromatic carbocycles. The number of benzene rings is 2. The predicted octanol–water partition coefficient (Wildman–Crippen LogP) is 2.79. The number of aryl methyl sites for hydroxylation is 1. The van der Waals surface area contributed by atoms with Crippen LogP contribution in [0.25, 0.3) is 0 Å². The number of hydrogen-bond donors (Lipinski definition) is 2. The van der Waals surface area contributed by atoms with E-state index in [0.29, 0.717) is 5.69 Å². The molecule has 7 heteroatoms. The summed E-state index contributed by atoms with van der Waals surface area (Å²) in [7, 11) is 0.207. The highest BCUT2D eigenvalue weighted by atomic mass is 32.2. The maximum atomic E-state index is 12.6. The molecule has 1 atom stereocenters. The average Bonchev–Trinajstić information content (AvgIpc) is 2.62. The molecule has 6 nitrogen and oxygen atoms in total. The second-order valence-corrected chi connectivity index (χ2v) is 8.40. The number of carbonyl (C=O) groups excluding carboxylic acids is 1. The molecule has 2 aromatic rings. The van der Waals surface area contributed by atoms with Crippen molar-refractivity contribution in [3.05, 3.63) is 59.7 Å². The van der Waals surface area contributed by atoms with Crippen molar-refractivity contribution in [3.8, 4) is 0 Å². The van der Waals surface area contributed by atoms with Crippen LogP contribution >= 0.6 is 0 Å². The van der Waals surface area contributed by atoms with E-state index < -0.39 is 10.0 Å². The highest BCUT2D eigenvalue weighted by Gasteiger charge is 2.19. The maximum absolute atomic E-state index is 12.6. The smallest absolute Gasteiger partial charge is 0.240 e. The fraction of sp³-hybridized carbons (Fsp3) is 0.350. The second-order valence-electron chi connectivity index (χ2n) is 6.63. The number of amides is 1. The maximum Gasteiger partial charge on any atom is 0.240 e. The van der Waals surface area contributed by atoms with E-state index in [1.165, 1.54) is 24.6 Å². The number of hydrogen-bond acceptors (Lipinski definition) is 4. The van der Waals surface area contributed by atoms with E-state index in [-0.39, 0.29) is 23.4 Å². The van der Waals surface area contributed by atoms with Crippen LogP contribution < -0.4 is 10.0 Å². The summed E-state index contributed by atoms with van der Waals surface area (Å²) < 4.78 is 27.9. The van der Waals surface area contributed by atoms with Crippen molar-refractivity contribution in [2.75, 3.05) is 26.0 Å². The molecule has 0 aromatic heterocycles. The molecule has 0 fully saturated rings. The molecule has 0 saturated carbocycles. The molecule has 0 aliphatic heterocycles. The Labute approximate surface area is 161 Å². The summed E-state index contributed by atoms with van der Waals surface area (Å²) in [6, 6.07) is 14.3. The largest absolute Gasteiger partial charge is 0.326 e.